The van der Waals surface area contributed by atoms with Crippen LogP contribution in [-0.2, 0) is 9.53 Å². The largest absolute Gasteiger partial charge is 0.462 e. The van der Waals surface area contributed by atoms with Gasteiger partial charge in [0.2, 0.25) is 0 Å². The van der Waals surface area contributed by atoms with Crippen LogP contribution in [0.4, 0.5) is 0 Å². The van der Waals surface area contributed by atoms with Crippen molar-refractivity contribution < 1.29 is 14.7 Å². The number of hydroxylamine groups is 2. The maximum atomic E-state index is 12.3. The molecule has 0 aromatic carbocycles. The van der Waals surface area contributed by atoms with Crippen molar-refractivity contribution in [2.75, 3.05) is 0 Å². The van der Waals surface area contributed by atoms with Crippen molar-refractivity contribution in [2.24, 2.45) is 0 Å². The van der Waals surface area contributed by atoms with E-state index in [2.05, 4.69) is 20.8 Å². The summed E-state index contributed by atoms with van der Waals surface area (Å²) in [4.78, 5) is 12.3. The summed E-state index contributed by atoms with van der Waals surface area (Å²) in [6.45, 7) is 10.5. The first kappa shape index (κ1) is 24.4. The zero-order chi connectivity index (χ0) is 20.3. The molecule has 1 rings (SSSR count). The smallest absolute Gasteiger partial charge is 0.306 e. The number of piperidine rings is 1. The molecular formula is C23H45NO3. The number of hydrogen-bond donors (Lipinski definition) is 1. The number of carbonyl (C=O) groups is 1. The average Bonchev–Trinajstić information content (AvgIpc) is 2.63. The molecule has 0 aliphatic carbocycles. The van der Waals surface area contributed by atoms with E-state index in [1.54, 1.807) is 0 Å². The van der Waals surface area contributed by atoms with E-state index in [1.165, 1.54) is 50.0 Å². The Morgan fingerprint density at radius 3 is 1.96 bits per heavy atom. The van der Waals surface area contributed by atoms with Crippen molar-refractivity contribution in [3.63, 3.8) is 0 Å². The maximum absolute atomic E-state index is 12.3. The molecule has 0 aromatic heterocycles. The maximum Gasteiger partial charge on any atom is 0.306 e. The minimum atomic E-state index is -0.368. The van der Waals surface area contributed by atoms with Crippen molar-refractivity contribution >= 4 is 5.97 Å². The first-order valence-electron chi connectivity index (χ1n) is 11.5. The molecule has 27 heavy (non-hydrogen) atoms. The zero-order valence-electron chi connectivity index (χ0n) is 18.7. The molecule has 160 valence electrons. The summed E-state index contributed by atoms with van der Waals surface area (Å²) in [6, 6.07) is 0. The van der Waals surface area contributed by atoms with Gasteiger partial charge in [0.25, 0.3) is 0 Å². The first-order valence-corrected chi connectivity index (χ1v) is 11.5. The minimum Gasteiger partial charge on any atom is -0.462 e. The van der Waals surface area contributed by atoms with E-state index in [9.17, 15) is 10.0 Å². The second-order valence-corrected chi connectivity index (χ2v) is 9.15. The SMILES string of the molecule is CCCCCCCCCCCC(=O)OC1CC(C)(C)N(O)C(CC)(CC)C1. The van der Waals surface area contributed by atoms with Crippen molar-refractivity contribution in [3.05, 3.63) is 0 Å². The van der Waals surface area contributed by atoms with Crippen LogP contribution in [0.5, 0.6) is 0 Å². The van der Waals surface area contributed by atoms with Crippen molar-refractivity contribution in [2.45, 2.75) is 142 Å². The van der Waals surface area contributed by atoms with Gasteiger partial charge in [-0.05, 0) is 33.1 Å². The monoisotopic (exact) mass is 383 g/mol. The number of unbranched alkanes of at least 4 members (excludes halogenated alkanes) is 8. The van der Waals surface area contributed by atoms with Gasteiger partial charge >= 0.3 is 5.97 Å². The van der Waals surface area contributed by atoms with Gasteiger partial charge in [-0.15, -0.1) is 0 Å². The second kappa shape index (κ2) is 12.1. The predicted molar refractivity (Wildman–Crippen MR) is 112 cm³/mol. The highest BCUT2D eigenvalue weighted by atomic mass is 16.5. The molecule has 1 N–H and O–H groups in total. The van der Waals surface area contributed by atoms with Crippen LogP contribution >= 0.6 is 0 Å². The Hall–Kier alpha value is -0.610. The molecule has 1 aliphatic heterocycles. The summed E-state index contributed by atoms with van der Waals surface area (Å²) in [6.07, 6.45) is 14.8. The Bertz CT molecular complexity index is 418. The molecule has 1 saturated heterocycles. The highest BCUT2D eigenvalue weighted by Gasteiger charge is 2.49. The number of carbonyl (C=O) groups excluding carboxylic acids is 1. The van der Waals surface area contributed by atoms with Crippen LogP contribution < -0.4 is 0 Å². The predicted octanol–water partition coefficient (Wildman–Crippen LogP) is 6.64. The molecule has 0 aromatic rings. The quantitative estimate of drug-likeness (QED) is 0.286. The van der Waals surface area contributed by atoms with Gasteiger partial charge in [-0.1, -0.05) is 72.1 Å². The highest BCUT2D eigenvalue weighted by Crippen LogP contribution is 2.42. The Morgan fingerprint density at radius 1 is 0.926 bits per heavy atom. The van der Waals surface area contributed by atoms with Crippen molar-refractivity contribution in [1.29, 1.82) is 0 Å². The summed E-state index contributed by atoms with van der Waals surface area (Å²) in [5.41, 5.74) is -0.655. The van der Waals surface area contributed by atoms with Gasteiger partial charge < -0.3 is 9.94 Å². The van der Waals surface area contributed by atoms with Crippen LogP contribution in [0.25, 0.3) is 0 Å². The summed E-state index contributed by atoms with van der Waals surface area (Å²) in [7, 11) is 0. The number of rotatable bonds is 13. The molecule has 0 saturated carbocycles. The van der Waals surface area contributed by atoms with Crippen LogP contribution in [0.2, 0.25) is 0 Å². The van der Waals surface area contributed by atoms with Crippen molar-refractivity contribution in [1.82, 2.24) is 5.06 Å². The van der Waals surface area contributed by atoms with Crippen LogP contribution in [0, 0.1) is 0 Å². The van der Waals surface area contributed by atoms with E-state index in [1.807, 2.05) is 13.8 Å². The minimum absolute atomic E-state index is 0.0637. The van der Waals surface area contributed by atoms with E-state index >= 15 is 0 Å². The number of ether oxygens (including phenoxy) is 1. The van der Waals surface area contributed by atoms with Crippen LogP contribution in [0.15, 0.2) is 0 Å². The Kier molecular flexibility index (Phi) is 10.9. The third-order valence-corrected chi connectivity index (χ3v) is 6.46. The number of nitrogens with zero attached hydrogens (tertiary/aromatic N) is 1. The van der Waals surface area contributed by atoms with Crippen LogP contribution in [0.1, 0.15) is 125 Å². The molecule has 0 amide bonds. The van der Waals surface area contributed by atoms with Gasteiger partial charge in [0.15, 0.2) is 0 Å². The molecule has 1 unspecified atom stereocenters. The molecule has 1 heterocycles. The summed E-state index contributed by atoms with van der Waals surface area (Å²) in [5.74, 6) is -0.0637. The Balaban J connectivity index is 2.29. The molecule has 0 bridgehead atoms. The highest BCUT2D eigenvalue weighted by molar-refractivity contribution is 5.69. The molecule has 0 radical (unpaired) electrons. The fourth-order valence-electron chi connectivity index (χ4n) is 4.61. The van der Waals surface area contributed by atoms with Gasteiger partial charge in [0, 0.05) is 30.3 Å². The lowest BCUT2D eigenvalue weighted by molar-refractivity contribution is -0.271. The standard InChI is InChI=1S/C23H45NO3/c1-6-9-10-11-12-13-14-15-16-17-21(25)27-20-18-22(4,5)24(26)23(7-2,8-3)19-20/h20,26H,6-19H2,1-5H3. The first-order chi connectivity index (χ1) is 12.8. The van der Waals surface area contributed by atoms with Crippen molar-refractivity contribution in [3.8, 4) is 0 Å². The van der Waals surface area contributed by atoms with Crippen LogP contribution in [0.3, 0.4) is 0 Å². The molecule has 0 spiro atoms. The van der Waals surface area contributed by atoms with Gasteiger partial charge in [0.05, 0.1) is 0 Å². The van der Waals surface area contributed by atoms with Crippen LogP contribution in [-0.4, -0.2) is 33.4 Å². The number of hydrogen-bond acceptors (Lipinski definition) is 4. The zero-order valence-corrected chi connectivity index (χ0v) is 18.7. The van der Waals surface area contributed by atoms with E-state index < -0.39 is 0 Å². The lowest BCUT2D eigenvalue weighted by atomic mass is 9.75. The molecular weight excluding hydrogens is 338 g/mol. The molecule has 4 nitrogen and oxygen atoms in total. The van der Waals surface area contributed by atoms with E-state index in [0.717, 1.165) is 32.1 Å². The molecule has 4 heteroatoms. The van der Waals surface area contributed by atoms with Gasteiger partial charge in [-0.25, -0.2) is 0 Å². The summed E-state index contributed by atoms with van der Waals surface area (Å²) < 4.78 is 5.83. The van der Waals surface area contributed by atoms with E-state index in [-0.39, 0.29) is 23.2 Å². The lowest BCUT2D eigenvalue weighted by Crippen LogP contribution is -2.62. The van der Waals surface area contributed by atoms with E-state index in [4.69, 9.17) is 4.74 Å². The molecule has 1 fully saturated rings. The normalized spacial score (nSPS) is 21.9. The van der Waals surface area contributed by atoms with Gasteiger partial charge in [0.1, 0.15) is 6.10 Å². The van der Waals surface area contributed by atoms with E-state index in [0.29, 0.717) is 12.8 Å². The fourth-order valence-corrected chi connectivity index (χ4v) is 4.61. The Labute approximate surface area is 168 Å². The summed E-state index contributed by atoms with van der Waals surface area (Å²) >= 11 is 0. The third-order valence-electron chi connectivity index (χ3n) is 6.46. The summed E-state index contributed by atoms with van der Waals surface area (Å²) in [5, 5.41) is 12.2. The molecule has 1 atom stereocenters. The average molecular weight is 384 g/mol. The Morgan fingerprint density at radius 2 is 1.44 bits per heavy atom. The number of esters is 1. The topological polar surface area (TPSA) is 49.8 Å². The molecule has 1 aliphatic rings. The lowest BCUT2D eigenvalue weighted by Gasteiger charge is -2.53. The van der Waals surface area contributed by atoms with Gasteiger partial charge in [-0.2, -0.15) is 5.06 Å². The van der Waals surface area contributed by atoms with Gasteiger partial charge in [-0.3, -0.25) is 4.79 Å². The fraction of sp³-hybridized carbons (Fsp3) is 0.957. The third kappa shape index (κ3) is 7.73. The second-order valence-electron chi connectivity index (χ2n) is 9.15.